The fourth-order valence-corrected chi connectivity index (χ4v) is 4.10. The molecule has 184 valence electrons. The lowest BCUT2D eigenvalue weighted by Crippen LogP contribution is -2.20. The number of carbonyl (C=O) groups is 1. The molecule has 0 fully saturated rings. The number of nitrogens with zero attached hydrogens (tertiary/aromatic N) is 4. The SMILES string of the molecule is COc1ccc(-c2nnc(SCC(=O)NN=Cc3ccc(O)c(OC)c3)n2-c2ccc(Cl)cc2)cc1. The van der Waals surface area contributed by atoms with Crippen LogP contribution < -0.4 is 14.9 Å². The summed E-state index contributed by atoms with van der Waals surface area (Å²) in [7, 11) is 3.06. The first-order chi connectivity index (χ1) is 17.5. The molecule has 0 spiro atoms. The normalized spacial score (nSPS) is 11.0. The predicted molar refractivity (Wildman–Crippen MR) is 139 cm³/mol. The van der Waals surface area contributed by atoms with Crippen molar-refractivity contribution in [1.82, 2.24) is 20.2 Å². The van der Waals surface area contributed by atoms with Gasteiger partial charge in [0.1, 0.15) is 5.75 Å². The number of carbonyl (C=O) groups excluding carboxylic acids is 1. The Morgan fingerprint density at radius 3 is 2.53 bits per heavy atom. The largest absolute Gasteiger partial charge is 0.504 e. The Morgan fingerprint density at radius 1 is 1.08 bits per heavy atom. The van der Waals surface area contributed by atoms with E-state index in [2.05, 4.69) is 20.7 Å². The van der Waals surface area contributed by atoms with Crippen molar-refractivity contribution in [3.05, 3.63) is 77.3 Å². The van der Waals surface area contributed by atoms with E-state index in [0.717, 1.165) is 17.0 Å². The van der Waals surface area contributed by atoms with E-state index < -0.39 is 0 Å². The zero-order valence-electron chi connectivity index (χ0n) is 19.4. The highest BCUT2D eigenvalue weighted by atomic mass is 35.5. The molecule has 0 bridgehead atoms. The number of aromatic nitrogens is 3. The molecule has 0 aliphatic rings. The Labute approximate surface area is 216 Å². The molecule has 0 saturated heterocycles. The molecular weight excluding hydrogens is 502 g/mol. The van der Waals surface area contributed by atoms with Crippen molar-refractivity contribution in [1.29, 1.82) is 0 Å². The number of methoxy groups -OCH3 is 2. The maximum atomic E-state index is 12.4. The van der Waals surface area contributed by atoms with Crippen molar-refractivity contribution in [3.63, 3.8) is 0 Å². The van der Waals surface area contributed by atoms with Crippen LogP contribution in [0.25, 0.3) is 17.1 Å². The van der Waals surface area contributed by atoms with Crippen LogP contribution in [0.2, 0.25) is 5.02 Å². The van der Waals surface area contributed by atoms with E-state index in [1.165, 1.54) is 31.2 Å². The Morgan fingerprint density at radius 2 is 1.83 bits per heavy atom. The lowest BCUT2D eigenvalue weighted by molar-refractivity contribution is -0.118. The minimum Gasteiger partial charge on any atom is -0.504 e. The maximum Gasteiger partial charge on any atom is 0.250 e. The van der Waals surface area contributed by atoms with Gasteiger partial charge in [0.2, 0.25) is 0 Å². The molecule has 0 unspecified atom stereocenters. The minimum atomic E-state index is -0.321. The molecule has 0 aliphatic carbocycles. The van der Waals surface area contributed by atoms with E-state index in [-0.39, 0.29) is 17.4 Å². The highest BCUT2D eigenvalue weighted by Gasteiger charge is 2.17. The van der Waals surface area contributed by atoms with Gasteiger partial charge in [-0.15, -0.1) is 10.2 Å². The Bertz CT molecular complexity index is 1370. The van der Waals surface area contributed by atoms with Gasteiger partial charge in [-0.2, -0.15) is 5.10 Å². The molecule has 2 N–H and O–H groups in total. The molecule has 0 aliphatic heterocycles. The standard InChI is InChI=1S/C25H22ClN5O4S/c1-34-20-10-4-17(5-11-20)24-29-30-25(31(24)19-8-6-18(26)7-9-19)36-15-23(33)28-27-14-16-3-12-21(32)22(13-16)35-2/h3-14,32H,15H2,1-2H3,(H,28,33). The van der Waals surface area contributed by atoms with E-state index >= 15 is 0 Å². The summed E-state index contributed by atoms with van der Waals surface area (Å²) in [5.41, 5.74) is 4.79. The minimum absolute atomic E-state index is 0.0221. The number of hydrogen-bond donors (Lipinski definition) is 2. The van der Waals surface area contributed by atoms with Gasteiger partial charge in [-0.05, 0) is 72.3 Å². The fraction of sp³-hybridized carbons (Fsp3) is 0.120. The van der Waals surface area contributed by atoms with Crippen molar-refractivity contribution in [3.8, 4) is 34.3 Å². The van der Waals surface area contributed by atoms with Crippen LogP contribution in [0.1, 0.15) is 5.56 Å². The smallest absolute Gasteiger partial charge is 0.250 e. The summed E-state index contributed by atoms with van der Waals surface area (Å²) in [5, 5.41) is 23.5. The number of thioether (sulfide) groups is 1. The molecule has 11 heteroatoms. The van der Waals surface area contributed by atoms with Gasteiger partial charge < -0.3 is 14.6 Å². The van der Waals surface area contributed by atoms with Crippen LogP contribution >= 0.6 is 23.4 Å². The van der Waals surface area contributed by atoms with Crippen LogP contribution in [0.15, 0.2) is 77.0 Å². The van der Waals surface area contributed by atoms with Crippen LogP contribution in [-0.4, -0.2) is 52.0 Å². The monoisotopic (exact) mass is 523 g/mol. The number of phenols is 1. The summed E-state index contributed by atoms with van der Waals surface area (Å²) >= 11 is 7.30. The number of rotatable bonds is 9. The molecule has 1 aromatic heterocycles. The topological polar surface area (TPSA) is 111 Å². The number of aromatic hydroxyl groups is 1. The number of halogens is 1. The first-order valence-corrected chi connectivity index (χ1v) is 12.0. The van der Waals surface area contributed by atoms with Crippen molar-refractivity contribution in [2.45, 2.75) is 5.16 Å². The first-order valence-electron chi connectivity index (χ1n) is 10.7. The van der Waals surface area contributed by atoms with Gasteiger partial charge in [0.05, 0.1) is 26.2 Å². The Hall–Kier alpha value is -4.02. The molecule has 4 aromatic rings. The summed E-state index contributed by atoms with van der Waals surface area (Å²) in [6, 6.07) is 19.5. The molecule has 0 saturated carbocycles. The van der Waals surface area contributed by atoms with Crippen LogP contribution in [0.3, 0.4) is 0 Å². The molecule has 1 amide bonds. The summed E-state index contributed by atoms with van der Waals surface area (Å²) in [6.07, 6.45) is 1.46. The summed E-state index contributed by atoms with van der Waals surface area (Å²) < 4.78 is 12.2. The van der Waals surface area contributed by atoms with Crippen molar-refractivity contribution >= 4 is 35.5 Å². The van der Waals surface area contributed by atoms with Crippen molar-refractivity contribution in [2.75, 3.05) is 20.0 Å². The number of hydrazone groups is 1. The van der Waals surface area contributed by atoms with E-state index in [1.807, 2.05) is 41.0 Å². The Balaban J connectivity index is 1.50. The molecule has 3 aromatic carbocycles. The maximum absolute atomic E-state index is 12.4. The van der Waals surface area contributed by atoms with Gasteiger partial charge in [-0.25, -0.2) is 5.43 Å². The number of phenolic OH excluding ortho intramolecular Hbond substituents is 1. The second-order valence-corrected chi connectivity index (χ2v) is 8.74. The lowest BCUT2D eigenvalue weighted by Gasteiger charge is -2.11. The number of hydrogen-bond acceptors (Lipinski definition) is 8. The highest BCUT2D eigenvalue weighted by molar-refractivity contribution is 7.99. The zero-order chi connectivity index (χ0) is 25.5. The molecule has 4 rings (SSSR count). The summed E-state index contributed by atoms with van der Waals surface area (Å²) in [5.74, 6) is 1.42. The van der Waals surface area contributed by atoms with Crippen LogP contribution in [0.4, 0.5) is 0 Å². The van der Waals surface area contributed by atoms with Gasteiger partial charge in [0.15, 0.2) is 22.5 Å². The number of nitrogens with one attached hydrogen (secondary N) is 1. The lowest BCUT2D eigenvalue weighted by atomic mass is 10.2. The highest BCUT2D eigenvalue weighted by Crippen LogP contribution is 2.29. The van der Waals surface area contributed by atoms with Crippen molar-refractivity contribution < 1.29 is 19.4 Å². The quantitative estimate of drug-likeness (QED) is 0.188. The summed E-state index contributed by atoms with van der Waals surface area (Å²) in [4.78, 5) is 12.4. The van der Waals surface area contributed by atoms with E-state index in [9.17, 15) is 9.90 Å². The molecular formula is C25H22ClN5O4S. The third kappa shape index (κ3) is 5.96. The third-order valence-corrected chi connectivity index (χ3v) is 6.19. The van der Waals surface area contributed by atoms with E-state index in [4.69, 9.17) is 21.1 Å². The number of benzene rings is 3. The fourth-order valence-electron chi connectivity index (χ4n) is 3.23. The molecule has 36 heavy (non-hydrogen) atoms. The molecule has 1 heterocycles. The Kier molecular flexibility index (Phi) is 8.09. The second kappa shape index (κ2) is 11.6. The van der Waals surface area contributed by atoms with E-state index in [1.54, 1.807) is 31.4 Å². The predicted octanol–water partition coefficient (Wildman–Crippen LogP) is 4.55. The van der Waals surface area contributed by atoms with Gasteiger partial charge in [0, 0.05) is 16.3 Å². The van der Waals surface area contributed by atoms with Gasteiger partial charge >= 0.3 is 0 Å². The zero-order valence-corrected chi connectivity index (χ0v) is 21.0. The van der Waals surface area contributed by atoms with Crippen molar-refractivity contribution in [2.24, 2.45) is 5.10 Å². The number of ether oxygens (including phenoxy) is 2. The van der Waals surface area contributed by atoms with Crippen LogP contribution in [0, 0.1) is 0 Å². The van der Waals surface area contributed by atoms with Gasteiger partial charge in [-0.1, -0.05) is 23.4 Å². The average molecular weight is 524 g/mol. The third-order valence-electron chi connectivity index (χ3n) is 5.01. The van der Waals surface area contributed by atoms with E-state index in [0.29, 0.717) is 27.3 Å². The van der Waals surface area contributed by atoms with Gasteiger partial charge in [0.25, 0.3) is 5.91 Å². The summed E-state index contributed by atoms with van der Waals surface area (Å²) in [6.45, 7) is 0. The average Bonchev–Trinajstić information content (AvgIpc) is 3.33. The number of amides is 1. The first kappa shape index (κ1) is 25.1. The van der Waals surface area contributed by atoms with Crippen LogP contribution in [-0.2, 0) is 4.79 Å². The van der Waals surface area contributed by atoms with Gasteiger partial charge in [-0.3, -0.25) is 9.36 Å². The molecule has 9 nitrogen and oxygen atoms in total. The second-order valence-electron chi connectivity index (χ2n) is 7.36. The van der Waals surface area contributed by atoms with Crippen LogP contribution in [0.5, 0.6) is 17.2 Å². The molecule has 0 atom stereocenters. The molecule has 0 radical (unpaired) electrons.